The van der Waals surface area contributed by atoms with E-state index in [0.29, 0.717) is 12.5 Å². The number of rotatable bonds is 6. The van der Waals surface area contributed by atoms with Crippen LogP contribution in [0.4, 0.5) is 5.69 Å². The number of anilines is 1. The molecule has 0 radical (unpaired) electrons. The molecule has 2 aromatic rings. The summed E-state index contributed by atoms with van der Waals surface area (Å²) in [7, 11) is 0. The lowest BCUT2D eigenvalue weighted by molar-refractivity contribution is -0.117. The van der Waals surface area contributed by atoms with Crippen molar-refractivity contribution in [3.05, 3.63) is 35.7 Å². The Hall–Kier alpha value is -2.28. The maximum atomic E-state index is 12.0. The van der Waals surface area contributed by atoms with Gasteiger partial charge in [-0.1, -0.05) is 12.1 Å². The van der Waals surface area contributed by atoms with Gasteiger partial charge in [0.05, 0.1) is 12.1 Å². The molecule has 4 rings (SSSR count). The van der Waals surface area contributed by atoms with E-state index in [4.69, 9.17) is 0 Å². The van der Waals surface area contributed by atoms with Crippen molar-refractivity contribution in [3.8, 4) is 0 Å². The van der Waals surface area contributed by atoms with Crippen molar-refractivity contribution in [1.29, 1.82) is 0 Å². The normalized spacial score (nSPS) is 20.1. The molecule has 7 heteroatoms. The second-order valence-electron chi connectivity index (χ2n) is 7.07. The minimum absolute atomic E-state index is 0.0580. The van der Waals surface area contributed by atoms with E-state index in [9.17, 15) is 4.79 Å². The van der Waals surface area contributed by atoms with Crippen LogP contribution in [-0.4, -0.2) is 32.7 Å². The topological polar surface area (TPSA) is 75.9 Å². The predicted octanol–water partition coefficient (Wildman–Crippen LogP) is 2.55. The van der Waals surface area contributed by atoms with Crippen LogP contribution in [0.25, 0.3) is 0 Å². The number of hydrogen-bond donors (Lipinski definition) is 1. The maximum absolute atomic E-state index is 12.0. The van der Waals surface area contributed by atoms with E-state index in [1.807, 2.05) is 21.7 Å². The van der Waals surface area contributed by atoms with E-state index in [1.165, 1.54) is 0 Å². The maximum Gasteiger partial charge on any atom is 0.227 e. The summed E-state index contributed by atoms with van der Waals surface area (Å²) in [6.07, 6.45) is 3.91. The Morgan fingerprint density at radius 2 is 2.08 bits per heavy atom. The first-order valence-electron chi connectivity index (χ1n) is 9.07. The van der Waals surface area contributed by atoms with Crippen molar-refractivity contribution < 1.29 is 4.79 Å². The van der Waals surface area contributed by atoms with E-state index >= 15 is 0 Å². The highest BCUT2D eigenvalue weighted by molar-refractivity contribution is 5.95. The molecule has 1 saturated carbocycles. The number of tetrazole rings is 1. The van der Waals surface area contributed by atoms with Crippen molar-refractivity contribution in [3.63, 3.8) is 0 Å². The van der Waals surface area contributed by atoms with Crippen molar-refractivity contribution in [2.24, 2.45) is 0 Å². The zero-order chi connectivity index (χ0) is 17.4. The van der Waals surface area contributed by atoms with Crippen molar-refractivity contribution in [1.82, 2.24) is 25.5 Å². The summed E-state index contributed by atoms with van der Waals surface area (Å²) < 4.78 is 1.95. The molecule has 0 unspecified atom stereocenters. The quantitative estimate of drug-likeness (QED) is 0.874. The molecule has 0 bridgehead atoms. The van der Waals surface area contributed by atoms with Crippen LogP contribution < -0.4 is 10.2 Å². The molecule has 2 heterocycles. The molecule has 132 valence electrons. The first kappa shape index (κ1) is 16.2. The van der Waals surface area contributed by atoms with Crippen LogP contribution in [0.5, 0.6) is 0 Å². The second-order valence-corrected chi connectivity index (χ2v) is 7.07. The van der Waals surface area contributed by atoms with Crippen LogP contribution in [0.2, 0.25) is 0 Å². The van der Waals surface area contributed by atoms with Gasteiger partial charge in [-0.05, 0) is 61.2 Å². The predicted molar refractivity (Wildman–Crippen MR) is 94.1 cm³/mol. The highest BCUT2D eigenvalue weighted by Crippen LogP contribution is 2.35. The fraction of sp³-hybridized carbons (Fsp3) is 0.556. The average Bonchev–Trinajstić information content (AvgIpc) is 3.17. The molecule has 1 aliphatic heterocycles. The molecule has 1 amide bonds. The van der Waals surface area contributed by atoms with Crippen molar-refractivity contribution in [2.75, 3.05) is 11.4 Å². The van der Waals surface area contributed by atoms with Crippen LogP contribution in [0.15, 0.2) is 24.3 Å². The third kappa shape index (κ3) is 3.28. The summed E-state index contributed by atoms with van der Waals surface area (Å²) in [5.41, 5.74) is 2.15. The van der Waals surface area contributed by atoms with Gasteiger partial charge in [0.15, 0.2) is 5.82 Å². The van der Waals surface area contributed by atoms with Crippen LogP contribution in [-0.2, 0) is 4.79 Å². The third-order valence-corrected chi connectivity index (χ3v) is 5.05. The molecule has 1 saturated heterocycles. The molecule has 25 heavy (non-hydrogen) atoms. The molecule has 1 N–H and O–H groups in total. The number of nitrogens with one attached hydrogen (secondary N) is 1. The summed E-state index contributed by atoms with van der Waals surface area (Å²) in [6, 6.07) is 8.90. The Kier molecular flexibility index (Phi) is 4.25. The Labute approximate surface area is 147 Å². The second kappa shape index (κ2) is 6.55. The number of carbonyl (C=O) groups excluding carboxylic acids is 1. The lowest BCUT2D eigenvalue weighted by atomic mass is 10.1. The minimum Gasteiger partial charge on any atom is -0.312 e. The highest BCUT2D eigenvalue weighted by Gasteiger charge is 2.30. The number of nitrogens with zero attached hydrogens (tertiary/aromatic N) is 5. The lowest BCUT2D eigenvalue weighted by Crippen LogP contribution is -2.26. The molecule has 2 fully saturated rings. The smallest absolute Gasteiger partial charge is 0.227 e. The fourth-order valence-electron chi connectivity index (χ4n) is 3.49. The van der Waals surface area contributed by atoms with Gasteiger partial charge in [0.2, 0.25) is 5.91 Å². The molecule has 1 aromatic carbocycles. The Bertz CT molecular complexity index is 768. The summed E-state index contributed by atoms with van der Waals surface area (Å²) in [5, 5.41) is 15.7. The van der Waals surface area contributed by atoms with Crippen LogP contribution in [0, 0.1) is 0 Å². The van der Waals surface area contributed by atoms with E-state index < -0.39 is 0 Å². The van der Waals surface area contributed by atoms with E-state index in [-0.39, 0.29) is 18.0 Å². The molecule has 2 atom stereocenters. The third-order valence-electron chi connectivity index (χ3n) is 5.05. The van der Waals surface area contributed by atoms with Gasteiger partial charge in [-0.3, -0.25) is 4.79 Å². The van der Waals surface area contributed by atoms with Crippen LogP contribution >= 0.6 is 0 Å². The Balaban J connectivity index is 1.48. The minimum atomic E-state index is 0.0580. The number of amides is 1. The highest BCUT2D eigenvalue weighted by atomic mass is 16.2. The van der Waals surface area contributed by atoms with Gasteiger partial charge in [-0.2, -0.15) is 0 Å². The SMILES string of the molecule is C[C@@H](N[C@H](C)c1nnnn1C1CC1)c1cccc(N2CCCC2=O)c1. The monoisotopic (exact) mass is 340 g/mol. The first-order chi connectivity index (χ1) is 12.1. The summed E-state index contributed by atoms with van der Waals surface area (Å²) in [6.45, 7) is 5.04. The van der Waals surface area contributed by atoms with E-state index in [1.54, 1.807) is 0 Å². The van der Waals surface area contributed by atoms with Gasteiger partial charge in [0, 0.05) is 24.7 Å². The van der Waals surface area contributed by atoms with Gasteiger partial charge in [0.25, 0.3) is 0 Å². The zero-order valence-corrected chi connectivity index (χ0v) is 14.7. The molecular weight excluding hydrogens is 316 g/mol. The first-order valence-corrected chi connectivity index (χ1v) is 9.07. The zero-order valence-electron chi connectivity index (χ0n) is 14.7. The lowest BCUT2D eigenvalue weighted by Gasteiger charge is -2.22. The Morgan fingerprint density at radius 3 is 2.80 bits per heavy atom. The summed E-state index contributed by atoms with van der Waals surface area (Å²) in [4.78, 5) is 13.9. The van der Waals surface area contributed by atoms with E-state index in [0.717, 1.165) is 42.9 Å². The molecule has 2 aliphatic rings. The number of carbonyl (C=O) groups is 1. The molecule has 1 aliphatic carbocycles. The van der Waals surface area contributed by atoms with Crippen molar-refractivity contribution in [2.45, 2.75) is 57.7 Å². The summed E-state index contributed by atoms with van der Waals surface area (Å²) in [5.74, 6) is 1.11. The molecule has 0 spiro atoms. The largest absolute Gasteiger partial charge is 0.312 e. The van der Waals surface area contributed by atoms with Crippen LogP contribution in [0.3, 0.4) is 0 Å². The molecule has 7 nitrogen and oxygen atoms in total. The van der Waals surface area contributed by atoms with Gasteiger partial charge in [0.1, 0.15) is 0 Å². The van der Waals surface area contributed by atoms with Gasteiger partial charge in [-0.25, -0.2) is 4.68 Å². The van der Waals surface area contributed by atoms with Crippen LogP contribution in [0.1, 0.15) is 69.0 Å². The standard InChI is InChI=1S/C18H24N6O/c1-12(19-13(2)18-20-21-22-24(18)15-8-9-15)14-5-3-6-16(11-14)23-10-4-7-17(23)25/h3,5-6,11-13,15,19H,4,7-10H2,1-2H3/t12-,13-/m1/s1. The molecule has 1 aromatic heterocycles. The van der Waals surface area contributed by atoms with E-state index in [2.05, 4.69) is 46.8 Å². The van der Waals surface area contributed by atoms with Gasteiger partial charge < -0.3 is 10.2 Å². The fourth-order valence-corrected chi connectivity index (χ4v) is 3.49. The number of hydrogen-bond acceptors (Lipinski definition) is 5. The average molecular weight is 340 g/mol. The van der Waals surface area contributed by atoms with Crippen molar-refractivity contribution >= 4 is 11.6 Å². The Morgan fingerprint density at radius 1 is 1.24 bits per heavy atom. The molecular formula is C18H24N6O. The van der Waals surface area contributed by atoms with Gasteiger partial charge in [-0.15, -0.1) is 5.10 Å². The number of benzene rings is 1. The van der Waals surface area contributed by atoms with Gasteiger partial charge >= 0.3 is 0 Å². The summed E-state index contributed by atoms with van der Waals surface area (Å²) >= 11 is 0. The number of aromatic nitrogens is 4.